The number of ether oxygens (including phenoxy) is 1. The number of nitrogens with zero attached hydrogens (tertiary/aromatic N) is 3. The van der Waals surface area contributed by atoms with Crippen molar-refractivity contribution in [2.45, 2.75) is 37.6 Å². The van der Waals surface area contributed by atoms with Gasteiger partial charge in [0.15, 0.2) is 9.84 Å². The molecule has 30 heavy (non-hydrogen) atoms. The van der Waals surface area contributed by atoms with Crippen molar-refractivity contribution in [3.05, 3.63) is 40.5 Å². The fourth-order valence-corrected chi connectivity index (χ4v) is 5.41. The molecule has 3 heterocycles. The summed E-state index contributed by atoms with van der Waals surface area (Å²) < 4.78 is 31.2. The third kappa shape index (κ3) is 4.07. The first-order valence-corrected chi connectivity index (χ1v) is 11.7. The van der Waals surface area contributed by atoms with Crippen LogP contribution in [-0.4, -0.2) is 60.2 Å². The van der Waals surface area contributed by atoms with E-state index in [1.165, 1.54) is 9.58 Å². The van der Waals surface area contributed by atoms with Crippen LogP contribution in [0.3, 0.4) is 0 Å². The Hall–Kier alpha value is -2.43. The van der Waals surface area contributed by atoms with Gasteiger partial charge in [-0.2, -0.15) is 5.10 Å². The van der Waals surface area contributed by atoms with Gasteiger partial charge in [0.25, 0.3) is 0 Å². The Labute approximate surface area is 178 Å². The molecule has 11 heteroatoms. The van der Waals surface area contributed by atoms with Gasteiger partial charge < -0.3 is 15.0 Å². The summed E-state index contributed by atoms with van der Waals surface area (Å²) in [5, 5.41) is 7.50. The monoisotopic (exact) mass is 452 g/mol. The van der Waals surface area contributed by atoms with Crippen LogP contribution in [0, 0.1) is 0 Å². The predicted octanol–water partition coefficient (Wildman–Crippen LogP) is 1.53. The fraction of sp³-hybridized carbons (Fsp3) is 0.421. The van der Waals surface area contributed by atoms with Gasteiger partial charge in [-0.25, -0.2) is 13.1 Å². The van der Waals surface area contributed by atoms with Gasteiger partial charge in [-0.1, -0.05) is 11.6 Å². The lowest BCUT2D eigenvalue weighted by molar-refractivity contribution is -0.151. The van der Waals surface area contributed by atoms with Gasteiger partial charge >= 0.3 is 11.8 Å². The molecule has 1 aromatic carbocycles. The lowest BCUT2D eigenvalue weighted by Crippen LogP contribution is -2.51. The number of halogens is 1. The van der Waals surface area contributed by atoms with Crippen molar-refractivity contribution in [2.24, 2.45) is 0 Å². The zero-order chi connectivity index (χ0) is 21.6. The number of benzene rings is 1. The van der Waals surface area contributed by atoms with Crippen LogP contribution >= 0.6 is 11.6 Å². The molecule has 160 valence electrons. The number of hydrogen-bond donors (Lipinski definition) is 1. The molecule has 4 rings (SSSR count). The number of rotatable bonds is 2. The largest absolute Gasteiger partial charge is 0.372 e. The second-order valence-corrected chi connectivity index (χ2v) is 10.1. The molecule has 0 aliphatic carbocycles. The molecule has 2 aliphatic rings. The van der Waals surface area contributed by atoms with Crippen molar-refractivity contribution in [1.29, 1.82) is 0 Å². The number of anilines is 1. The number of aromatic nitrogens is 2. The topological polar surface area (TPSA) is 111 Å². The van der Waals surface area contributed by atoms with E-state index >= 15 is 0 Å². The highest BCUT2D eigenvalue weighted by atomic mass is 35.5. The van der Waals surface area contributed by atoms with Gasteiger partial charge in [0.05, 0.1) is 35.1 Å². The summed E-state index contributed by atoms with van der Waals surface area (Å²) in [6.07, 6.45) is -0.362. The summed E-state index contributed by atoms with van der Waals surface area (Å²) in [6, 6.07) is 6.71. The summed E-state index contributed by atoms with van der Waals surface area (Å²) in [5.74, 6) is -1.82. The van der Waals surface area contributed by atoms with E-state index in [1.54, 1.807) is 24.3 Å². The van der Waals surface area contributed by atoms with Crippen molar-refractivity contribution < 1.29 is 22.7 Å². The number of fused-ring (bicyclic) bond motifs is 1. The first kappa shape index (κ1) is 20.8. The van der Waals surface area contributed by atoms with Crippen LogP contribution in [0.4, 0.5) is 5.82 Å². The Morgan fingerprint density at radius 2 is 1.77 bits per heavy atom. The number of morpholine rings is 1. The average Bonchev–Trinajstić information content (AvgIpc) is 3.13. The first-order chi connectivity index (χ1) is 14.1. The fourth-order valence-electron chi connectivity index (χ4n) is 3.79. The molecule has 2 aromatic rings. The van der Waals surface area contributed by atoms with Crippen LogP contribution in [0.15, 0.2) is 24.3 Å². The number of carbonyl (C=O) groups excluding carboxylic acids is 2. The molecule has 9 nitrogen and oxygen atoms in total. The number of carbonyl (C=O) groups is 2. The molecule has 0 bridgehead atoms. The zero-order valence-electron chi connectivity index (χ0n) is 16.5. The number of hydrogen-bond acceptors (Lipinski definition) is 6. The molecule has 0 saturated carbocycles. The van der Waals surface area contributed by atoms with Gasteiger partial charge in [0, 0.05) is 23.7 Å². The van der Waals surface area contributed by atoms with Gasteiger partial charge in [-0.3, -0.25) is 9.59 Å². The van der Waals surface area contributed by atoms with Crippen molar-refractivity contribution in [3.63, 3.8) is 0 Å². The Morgan fingerprint density at radius 3 is 2.40 bits per heavy atom. The van der Waals surface area contributed by atoms with E-state index in [0.29, 0.717) is 35.1 Å². The van der Waals surface area contributed by atoms with Crippen molar-refractivity contribution in [2.75, 3.05) is 18.4 Å². The first-order valence-electron chi connectivity index (χ1n) is 9.46. The smallest absolute Gasteiger partial charge is 0.315 e. The lowest BCUT2D eigenvalue weighted by Gasteiger charge is -2.34. The molecule has 1 aromatic heterocycles. The Bertz CT molecular complexity index is 1100. The summed E-state index contributed by atoms with van der Waals surface area (Å²) in [5.41, 5.74) is 1.35. The number of nitrogens with one attached hydrogen (secondary N) is 1. The quantitative estimate of drug-likeness (QED) is 0.692. The molecule has 2 amide bonds. The van der Waals surface area contributed by atoms with Crippen molar-refractivity contribution >= 4 is 39.1 Å². The number of sulfone groups is 1. The van der Waals surface area contributed by atoms with Crippen LogP contribution in [0.2, 0.25) is 5.02 Å². The Morgan fingerprint density at radius 1 is 1.13 bits per heavy atom. The maximum Gasteiger partial charge on any atom is 0.315 e. The minimum Gasteiger partial charge on any atom is -0.372 e. The summed E-state index contributed by atoms with van der Waals surface area (Å²) >= 11 is 5.95. The molecule has 1 saturated heterocycles. The van der Waals surface area contributed by atoms with Crippen LogP contribution in [-0.2, 0) is 35.7 Å². The van der Waals surface area contributed by atoms with Crippen LogP contribution < -0.4 is 5.32 Å². The van der Waals surface area contributed by atoms with Gasteiger partial charge in [0.1, 0.15) is 5.82 Å². The zero-order valence-corrected chi connectivity index (χ0v) is 18.0. The molecule has 0 radical (unpaired) electrons. The normalized spacial score (nSPS) is 22.6. The minimum atomic E-state index is -3.34. The molecule has 0 spiro atoms. The molecular formula is C19H21ClN4O5S. The molecule has 1 N–H and O–H groups in total. The molecule has 2 atom stereocenters. The maximum atomic E-state index is 12.8. The van der Waals surface area contributed by atoms with E-state index in [0.717, 1.165) is 0 Å². The van der Waals surface area contributed by atoms with Gasteiger partial charge in [-0.15, -0.1) is 0 Å². The van der Waals surface area contributed by atoms with E-state index in [2.05, 4.69) is 10.4 Å². The van der Waals surface area contributed by atoms with Gasteiger partial charge in [0.2, 0.25) is 0 Å². The van der Waals surface area contributed by atoms with Crippen molar-refractivity contribution in [3.8, 4) is 5.69 Å². The second-order valence-electron chi connectivity index (χ2n) is 7.62. The summed E-state index contributed by atoms with van der Waals surface area (Å²) in [7, 11) is -3.34. The van der Waals surface area contributed by atoms with Crippen LogP contribution in [0.1, 0.15) is 25.1 Å². The standard InChI is InChI=1S/C19H21ClN4O5S/c1-11-7-23(8-12(2)29-11)19(26)18(25)21-17-15-9-30(27,28)10-16(15)22-24(17)14-5-3-13(20)4-6-14/h3-6,11-12H,7-10H2,1-2H3,(H,21,25). The molecule has 2 aliphatic heterocycles. The van der Waals surface area contributed by atoms with Crippen molar-refractivity contribution in [1.82, 2.24) is 14.7 Å². The lowest BCUT2D eigenvalue weighted by atomic mass is 10.2. The van der Waals surface area contributed by atoms with E-state index in [-0.39, 0.29) is 29.5 Å². The average molecular weight is 453 g/mol. The van der Waals surface area contributed by atoms with Crippen LogP contribution in [0.5, 0.6) is 0 Å². The Balaban J connectivity index is 1.65. The molecular weight excluding hydrogens is 432 g/mol. The molecule has 2 unspecified atom stereocenters. The predicted molar refractivity (Wildman–Crippen MR) is 110 cm³/mol. The Kier molecular flexibility index (Phi) is 5.33. The highest BCUT2D eigenvalue weighted by molar-refractivity contribution is 7.90. The third-order valence-electron chi connectivity index (χ3n) is 4.99. The SMILES string of the molecule is CC1CN(C(=O)C(=O)Nc2c3c(nn2-c2ccc(Cl)cc2)CS(=O)(=O)C3)CC(C)O1. The van der Waals surface area contributed by atoms with Crippen LogP contribution in [0.25, 0.3) is 5.69 Å². The van der Waals surface area contributed by atoms with Gasteiger partial charge in [-0.05, 0) is 38.1 Å². The second kappa shape index (κ2) is 7.68. The highest BCUT2D eigenvalue weighted by Gasteiger charge is 2.35. The highest BCUT2D eigenvalue weighted by Crippen LogP contribution is 2.33. The number of amides is 2. The maximum absolute atomic E-state index is 12.8. The summed E-state index contributed by atoms with van der Waals surface area (Å²) in [4.78, 5) is 26.9. The van der Waals surface area contributed by atoms with E-state index < -0.39 is 21.7 Å². The van der Waals surface area contributed by atoms with E-state index in [4.69, 9.17) is 16.3 Å². The molecule has 1 fully saturated rings. The van der Waals surface area contributed by atoms with E-state index in [1.807, 2.05) is 13.8 Å². The minimum absolute atomic E-state index is 0.181. The summed E-state index contributed by atoms with van der Waals surface area (Å²) in [6.45, 7) is 4.28. The van der Waals surface area contributed by atoms with E-state index in [9.17, 15) is 18.0 Å². The third-order valence-corrected chi connectivity index (χ3v) is 6.69.